The topological polar surface area (TPSA) is 72.0 Å². The third kappa shape index (κ3) is 3.65. The number of rotatable bonds is 2. The van der Waals surface area contributed by atoms with E-state index in [2.05, 4.69) is 0 Å². The summed E-state index contributed by atoms with van der Waals surface area (Å²) in [6.07, 6.45) is -0.330. The first-order valence-corrected chi connectivity index (χ1v) is 9.27. The molecule has 2 aliphatic rings. The molecule has 0 bridgehead atoms. The van der Waals surface area contributed by atoms with E-state index < -0.39 is 0 Å². The van der Waals surface area contributed by atoms with Crippen LogP contribution in [-0.2, 0) is 14.3 Å². The Bertz CT molecular complexity index is 863. The van der Waals surface area contributed by atoms with E-state index in [0.717, 1.165) is 10.9 Å². The van der Waals surface area contributed by atoms with Crippen LogP contribution in [0.15, 0.2) is 30.3 Å². The highest BCUT2D eigenvalue weighted by Gasteiger charge is 2.27. The Morgan fingerprint density at radius 2 is 1.81 bits per heavy atom. The standard InChI is InChI=1S/C20H23N3O4/c1-14(24)23-8-11-27-19(13-23)18-12-16(15-4-2-3-5-17(15)21-18)20(25)22-6-9-26-10-7-22/h2-5,12,19H,6-11,13H2,1H3. The molecule has 7 nitrogen and oxygen atoms in total. The van der Waals surface area contributed by atoms with Crippen molar-refractivity contribution in [2.45, 2.75) is 13.0 Å². The molecule has 2 saturated heterocycles. The van der Waals surface area contributed by atoms with Crippen LogP contribution in [0.25, 0.3) is 10.9 Å². The smallest absolute Gasteiger partial charge is 0.254 e. The summed E-state index contributed by atoms with van der Waals surface area (Å²) >= 11 is 0. The Morgan fingerprint density at radius 1 is 1.07 bits per heavy atom. The number of ether oxygens (including phenoxy) is 2. The zero-order chi connectivity index (χ0) is 18.8. The first-order chi connectivity index (χ1) is 13.1. The molecule has 4 rings (SSSR count). The van der Waals surface area contributed by atoms with Gasteiger partial charge >= 0.3 is 0 Å². The summed E-state index contributed by atoms with van der Waals surface area (Å²) in [6, 6.07) is 9.47. The quantitative estimate of drug-likeness (QED) is 0.805. The van der Waals surface area contributed by atoms with Gasteiger partial charge in [-0.05, 0) is 12.1 Å². The molecular formula is C20H23N3O4. The molecule has 2 fully saturated rings. The molecule has 0 spiro atoms. The van der Waals surface area contributed by atoms with E-state index in [1.165, 1.54) is 0 Å². The average Bonchev–Trinajstić information content (AvgIpc) is 2.73. The van der Waals surface area contributed by atoms with Gasteiger partial charge in [-0.3, -0.25) is 9.59 Å². The summed E-state index contributed by atoms with van der Waals surface area (Å²) in [7, 11) is 0. The molecule has 0 radical (unpaired) electrons. The lowest BCUT2D eigenvalue weighted by molar-refractivity contribution is -0.136. The molecule has 0 N–H and O–H groups in total. The minimum atomic E-state index is -0.330. The molecule has 1 aromatic heterocycles. The number of carbonyl (C=O) groups excluding carboxylic acids is 2. The fourth-order valence-corrected chi connectivity index (χ4v) is 3.59. The fraction of sp³-hybridized carbons (Fsp3) is 0.450. The lowest BCUT2D eigenvalue weighted by Crippen LogP contribution is -2.42. The van der Waals surface area contributed by atoms with Crippen molar-refractivity contribution >= 4 is 22.7 Å². The minimum absolute atomic E-state index is 0.0163. The zero-order valence-electron chi connectivity index (χ0n) is 15.4. The number of para-hydroxylation sites is 1. The second-order valence-electron chi connectivity index (χ2n) is 6.84. The van der Waals surface area contributed by atoms with Gasteiger partial charge < -0.3 is 19.3 Å². The maximum atomic E-state index is 13.2. The fourth-order valence-electron chi connectivity index (χ4n) is 3.59. The summed E-state index contributed by atoms with van der Waals surface area (Å²) in [5, 5.41) is 0.831. The predicted molar refractivity (Wildman–Crippen MR) is 99.4 cm³/mol. The van der Waals surface area contributed by atoms with Crippen LogP contribution < -0.4 is 0 Å². The van der Waals surface area contributed by atoms with E-state index in [1.807, 2.05) is 35.2 Å². The van der Waals surface area contributed by atoms with Gasteiger partial charge in [-0.1, -0.05) is 18.2 Å². The number of morpholine rings is 2. The van der Waals surface area contributed by atoms with Crippen molar-refractivity contribution in [3.63, 3.8) is 0 Å². The average molecular weight is 369 g/mol. The van der Waals surface area contributed by atoms with E-state index in [0.29, 0.717) is 57.3 Å². The Morgan fingerprint density at radius 3 is 2.59 bits per heavy atom. The molecule has 7 heteroatoms. The van der Waals surface area contributed by atoms with Gasteiger partial charge in [0.1, 0.15) is 6.10 Å². The number of fused-ring (bicyclic) bond motifs is 1. The molecule has 2 amide bonds. The van der Waals surface area contributed by atoms with Crippen LogP contribution in [0.4, 0.5) is 0 Å². The third-order valence-corrected chi connectivity index (χ3v) is 5.11. The molecular weight excluding hydrogens is 346 g/mol. The van der Waals surface area contributed by atoms with Crippen LogP contribution in [-0.4, -0.2) is 72.6 Å². The predicted octanol–water partition coefficient (Wildman–Crippen LogP) is 1.63. The molecule has 142 valence electrons. The van der Waals surface area contributed by atoms with Gasteiger partial charge in [-0.2, -0.15) is 0 Å². The number of carbonyl (C=O) groups is 2. The summed E-state index contributed by atoms with van der Waals surface area (Å²) in [5.74, 6) is 0.00564. The van der Waals surface area contributed by atoms with E-state index in [1.54, 1.807) is 11.8 Å². The van der Waals surface area contributed by atoms with Gasteiger partial charge in [-0.15, -0.1) is 0 Å². The number of amides is 2. The highest BCUT2D eigenvalue weighted by atomic mass is 16.5. The second kappa shape index (κ2) is 7.62. The van der Waals surface area contributed by atoms with Crippen molar-refractivity contribution in [3.8, 4) is 0 Å². The van der Waals surface area contributed by atoms with Crippen LogP contribution in [0, 0.1) is 0 Å². The van der Waals surface area contributed by atoms with Crippen molar-refractivity contribution in [2.75, 3.05) is 46.0 Å². The molecule has 3 heterocycles. The summed E-state index contributed by atoms with van der Waals surface area (Å²) < 4.78 is 11.2. The molecule has 1 aromatic carbocycles. The van der Waals surface area contributed by atoms with Crippen LogP contribution >= 0.6 is 0 Å². The lowest BCUT2D eigenvalue weighted by atomic mass is 10.0. The van der Waals surface area contributed by atoms with Crippen molar-refractivity contribution < 1.29 is 19.1 Å². The number of hydrogen-bond donors (Lipinski definition) is 0. The molecule has 0 saturated carbocycles. The lowest BCUT2D eigenvalue weighted by Gasteiger charge is -2.32. The molecule has 27 heavy (non-hydrogen) atoms. The van der Waals surface area contributed by atoms with E-state index in [-0.39, 0.29) is 17.9 Å². The van der Waals surface area contributed by atoms with Crippen LogP contribution in [0.2, 0.25) is 0 Å². The Hall–Kier alpha value is -2.51. The molecule has 0 aliphatic carbocycles. The number of hydrogen-bond acceptors (Lipinski definition) is 5. The number of pyridine rings is 1. The highest BCUT2D eigenvalue weighted by molar-refractivity contribution is 6.06. The van der Waals surface area contributed by atoms with Crippen LogP contribution in [0.3, 0.4) is 0 Å². The second-order valence-corrected chi connectivity index (χ2v) is 6.84. The largest absolute Gasteiger partial charge is 0.378 e. The van der Waals surface area contributed by atoms with Gasteiger partial charge in [0, 0.05) is 31.9 Å². The van der Waals surface area contributed by atoms with Gasteiger partial charge in [0.05, 0.1) is 43.1 Å². The first kappa shape index (κ1) is 17.9. The molecule has 2 aliphatic heterocycles. The summed E-state index contributed by atoms with van der Waals surface area (Å²) in [4.78, 5) is 33.2. The molecule has 1 atom stereocenters. The SMILES string of the molecule is CC(=O)N1CCOC(c2cc(C(=O)N3CCOCC3)c3ccccc3n2)C1. The first-order valence-electron chi connectivity index (χ1n) is 9.27. The Kier molecular flexibility index (Phi) is 5.05. The van der Waals surface area contributed by atoms with Crippen molar-refractivity contribution in [3.05, 3.63) is 41.6 Å². The van der Waals surface area contributed by atoms with Crippen molar-refractivity contribution in [1.82, 2.24) is 14.8 Å². The highest BCUT2D eigenvalue weighted by Crippen LogP contribution is 2.27. The molecule has 1 unspecified atom stereocenters. The van der Waals surface area contributed by atoms with Crippen LogP contribution in [0.5, 0.6) is 0 Å². The van der Waals surface area contributed by atoms with Gasteiger partial charge in [0.25, 0.3) is 5.91 Å². The minimum Gasteiger partial charge on any atom is -0.378 e. The maximum absolute atomic E-state index is 13.2. The Balaban J connectivity index is 1.72. The van der Waals surface area contributed by atoms with Gasteiger partial charge in [0.15, 0.2) is 0 Å². The van der Waals surface area contributed by atoms with Crippen molar-refractivity contribution in [1.29, 1.82) is 0 Å². The third-order valence-electron chi connectivity index (χ3n) is 5.11. The van der Waals surface area contributed by atoms with Crippen LogP contribution in [0.1, 0.15) is 29.1 Å². The zero-order valence-corrected chi connectivity index (χ0v) is 15.4. The normalized spacial score (nSPS) is 20.7. The van der Waals surface area contributed by atoms with Gasteiger partial charge in [-0.25, -0.2) is 4.98 Å². The number of benzene rings is 1. The van der Waals surface area contributed by atoms with Crippen molar-refractivity contribution in [2.24, 2.45) is 0 Å². The monoisotopic (exact) mass is 369 g/mol. The number of aromatic nitrogens is 1. The van der Waals surface area contributed by atoms with E-state index in [4.69, 9.17) is 14.5 Å². The number of nitrogens with zero attached hydrogens (tertiary/aromatic N) is 3. The summed E-state index contributed by atoms with van der Waals surface area (Å²) in [6.45, 7) is 5.34. The maximum Gasteiger partial charge on any atom is 0.254 e. The molecule has 2 aromatic rings. The van der Waals surface area contributed by atoms with E-state index >= 15 is 0 Å². The van der Waals surface area contributed by atoms with E-state index in [9.17, 15) is 9.59 Å². The van der Waals surface area contributed by atoms with Gasteiger partial charge in [0.2, 0.25) is 5.91 Å². The Labute approximate surface area is 157 Å². The summed E-state index contributed by atoms with van der Waals surface area (Å²) in [5.41, 5.74) is 2.08.